The summed E-state index contributed by atoms with van der Waals surface area (Å²) >= 11 is 0. The van der Waals surface area contributed by atoms with E-state index in [0.717, 1.165) is 36.8 Å². The normalized spacial score (nSPS) is 19.2. The summed E-state index contributed by atoms with van der Waals surface area (Å²) in [6.07, 6.45) is 5.81. The fourth-order valence-electron chi connectivity index (χ4n) is 4.29. The first-order valence-electron chi connectivity index (χ1n) is 11.0. The van der Waals surface area contributed by atoms with Gasteiger partial charge in [-0.05, 0) is 49.3 Å². The van der Waals surface area contributed by atoms with Gasteiger partial charge < -0.3 is 24.7 Å². The van der Waals surface area contributed by atoms with Crippen molar-refractivity contribution in [2.24, 2.45) is 5.92 Å². The first-order chi connectivity index (χ1) is 15.5. The minimum absolute atomic E-state index is 0.00287. The molecule has 0 aliphatic carbocycles. The highest BCUT2D eigenvalue weighted by Crippen LogP contribution is 2.23. The van der Waals surface area contributed by atoms with Crippen LogP contribution in [0.4, 0.5) is 4.79 Å². The zero-order valence-electron chi connectivity index (χ0n) is 17.9. The van der Waals surface area contributed by atoms with E-state index in [9.17, 15) is 14.7 Å². The number of nitrogens with zero attached hydrogens (tertiary/aromatic N) is 4. The zero-order valence-corrected chi connectivity index (χ0v) is 17.9. The summed E-state index contributed by atoms with van der Waals surface area (Å²) in [7, 11) is 0. The molecule has 2 aliphatic rings. The summed E-state index contributed by atoms with van der Waals surface area (Å²) in [6, 6.07) is 7.52. The summed E-state index contributed by atoms with van der Waals surface area (Å²) in [5, 5.41) is 18.5. The van der Waals surface area contributed by atoms with Crippen molar-refractivity contribution in [3.05, 3.63) is 42.2 Å². The molecule has 9 nitrogen and oxygen atoms in total. The van der Waals surface area contributed by atoms with Gasteiger partial charge in [0.1, 0.15) is 0 Å². The van der Waals surface area contributed by atoms with Gasteiger partial charge in [0, 0.05) is 43.2 Å². The Bertz CT molecular complexity index is 926. The van der Waals surface area contributed by atoms with Gasteiger partial charge in [0.2, 0.25) is 0 Å². The molecular formula is C23H28N4O5. The average molecular weight is 441 g/mol. The third-order valence-corrected chi connectivity index (χ3v) is 6.28. The minimum atomic E-state index is -0.869. The van der Waals surface area contributed by atoms with E-state index in [4.69, 9.17) is 9.84 Å². The molecule has 2 aliphatic heterocycles. The molecule has 2 saturated heterocycles. The Morgan fingerprint density at radius 2 is 1.69 bits per heavy atom. The maximum absolute atomic E-state index is 12.7. The predicted octanol–water partition coefficient (Wildman–Crippen LogP) is 2.51. The van der Waals surface area contributed by atoms with Crippen molar-refractivity contribution in [1.82, 2.24) is 19.8 Å². The number of carbonyl (C=O) groups is 2. The number of ether oxygens (including phenoxy) is 1. The van der Waals surface area contributed by atoms with E-state index in [2.05, 4.69) is 9.97 Å². The number of aromatic nitrogens is 2. The Balaban J connectivity index is 1.31. The highest BCUT2D eigenvalue weighted by atomic mass is 16.5. The minimum Gasteiger partial charge on any atom is -0.465 e. The molecule has 0 spiro atoms. The number of aliphatic hydroxyl groups is 1. The number of carboxylic acid groups (broad SMARTS) is 1. The highest BCUT2D eigenvalue weighted by Gasteiger charge is 2.28. The SMILES string of the molecule is O=C(O)N1CCC(COc2ncc(-c3ccc(C(=O)N4CCC[C@@H]4CO)cc3)cn2)CC1. The fraction of sp³-hybridized carbons (Fsp3) is 0.478. The van der Waals surface area contributed by atoms with Gasteiger partial charge in [-0.15, -0.1) is 0 Å². The van der Waals surface area contributed by atoms with Crippen LogP contribution in [0.25, 0.3) is 11.1 Å². The Morgan fingerprint density at radius 1 is 1.00 bits per heavy atom. The van der Waals surface area contributed by atoms with Gasteiger partial charge in [-0.3, -0.25) is 4.79 Å². The zero-order chi connectivity index (χ0) is 22.5. The van der Waals surface area contributed by atoms with Crippen LogP contribution in [0.1, 0.15) is 36.0 Å². The number of benzene rings is 1. The molecule has 2 aromatic rings. The van der Waals surface area contributed by atoms with Crippen LogP contribution in [0.15, 0.2) is 36.7 Å². The molecule has 0 saturated carbocycles. The largest absolute Gasteiger partial charge is 0.465 e. The van der Waals surface area contributed by atoms with Crippen molar-refractivity contribution >= 4 is 12.0 Å². The van der Waals surface area contributed by atoms with Crippen LogP contribution in [0.3, 0.4) is 0 Å². The molecule has 32 heavy (non-hydrogen) atoms. The van der Waals surface area contributed by atoms with E-state index in [1.807, 2.05) is 12.1 Å². The van der Waals surface area contributed by atoms with Gasteiger partial charge in [-0.25, -0.2) is 14.8 Å². The molecule has 2 amide bonds. The molecule has 9 heteroatoms. The molecule has 170 valence electrons. The molecular weight excluding hydrogens is 412 g/mol. The van der Waals surface area contributed by atoms with Gasteiger partial charge >= 0.3 is 12.1 Å². The number of rotatable bonds is 6. The van der Waals surface area contributed by atoms with Crippen LogP contribution in [0.5, 0.6) is 6.01 Å². The lowest BCUT2D eigenvalue weighted by Gasteiger charge is -2.29. The van der Waals surface area contributed by atoms with E-state index >= 15 is 0 Å². The van der Waals surface area contributed by atoms with Crippen LogP contribution in [0.2, 0.25) is 0 Å². The number of carbonyl (C=O) groups excluding carboxylic acids is 1. The predicted molar refractivity (Wildman–Crippen MR) is 116 cm³/mol. The molecule has 1 aromatic carbocycles. The summed E-state index contributed by atoms with van der Waals surface area (Å²) in [5.41, 5.74) is 2.32. The Kier molecular flexibility index (Phi) is 6.84. The average Bonchev–Trinajstić information content (AvgIpc) is 3.32. The molecule has 0 unspecified atom stereocenters. The number of likely N-dealkylation sites (tertiary alicyclic amines) is 2. The van der Waals surface area contributed by atoms with Crippen molar-refractivity contribution < 1.29 is 24.5 Å². The Hall–Kier alpha value is -3.20. The number of hydrogen-bond donors (Lipinski definition) is 2. The van der Waals surface area contributed by atoms with Gasteiger partial charge in [-0.1, -0.05) is 12.1 Å². The van der Waals surface area contributed by atoms with Crippen LogP contribution in [0, 0.1) is 5.92 Å². The summed E-state index contributed by atoms with van der Waals surface area (Å²) in [4.78, 5) is 35.4. The number of piperidine rings is 1. The van der Waals surface area contributed by atoms with E-state index in [1.54, 1.807) is 29.4 Å². The number of hydrogen-bond acceptors (Lipinski definition) is 6. The van der Waals surface area contributed by atoms with E-state index < -0.39 is 6.09 Å². The lowest BCUT2D eigenvalue weighted by atomic mass is 9.98. The molecule has 4 rings (SSSR count). The van der Waals surface area contributed by atoms with Crippen LogP contribution < -0.4 is 4.74 Å². The monoisotopic (exact) mass is 440 g/mol. The third kappa shape index (κ3) is 4.99. The van der Waals surface area contributed by atoms with Crippen LogP contribution in [-0.2, 0) is 0 Å². The molecule has 3 heterocycles. The van der Waals surface area contributed by atoms with Crippen LogP contribution >= 0.6 is 0 Å². The van der Waals surface area contributed by atoms with Gasteiger partial charge in [0.05, 0.1) is 19.3 Å². The van der Waals surface area contributed by atoms with Gasteiger partial charge in [0.25, 0.3) is 5.91 Å². The molecule has 0 radical (unpaired) electrons. The highest BCUT2D eigenvalue weighted by molar-refractivity contribution is 5.95. The van der Waals surface area contributed by atoms with Crippen molar-refractivity contribution in [3.63, 3.8) is 0 Å². The summed E-state index contributed by atoms with van der Waals surface area (Å²) in [5.74, 6) is 0.238. The summed E-state index contributed by atoms with van der Waals surface area (Å²) in [6.45, 7) is 2.20. The van der Waals surface area contributed by atoms with Gasteiger partial charge in [0.15, 0.2) is 0 Å². The molecule has 2 fully saturated rings. The quantitative estimate of drug-likeness (QED) is 0.709. The number of aliphatic hydroxyl groups excluding tert-OH is 1. The smallest absolute Gasteiger partial charge is 0.407 e. The Labute approximate surface area is 186 Å². The second-order valence-electron chi connectivity index (χ2n) is 8.33. The molecule has 0 bridgehead atoms. The van der Waals surface area contributed by atoms with Crippen molar-refractivity contribution in [1.29, 1.82) is 0 Å². The lowest BCUT2D eigenvalue weighted by molar-refractivity contribution is 0.0677. The van der Waals surface area contributed by atoms with Crippen LogP contribution in [-0.4, -0.2) is 80.9 Å². The maximum atomic E-state index is 12.7. The molecule has 2 N–H and O–H groups in total. The van der Waals surface area contributed by atoms with Crippen molar-refractivity contribution in [2.75, 3.05) is 32.8 Å². The first-order valence-corrected chi connectivity index (χ1v) is 11.0. The Morgan fingerprint density at radius 3 is 2.31 bits per heavy atom. The fourth-order valence-corrected chi connectivity index (χ4v) is 4.29. The maximum Gasteiger partial charge on any atom is 0.407 e. The second-order valence-corrected chi connectivity index (χ2v) is 8.33. The van der Waals surface area contributed by atoms with Crippen molar-refractivity contribution in [3.8, 4) is 17.1 Å². The molecule has 1 atom stereocenters. The van der Waals surface area contributed by atoms with Gasteiger partial charge in [-0.2, -0.15) is 0 Å². The van der Waals surface area contributed by atoms with E-state index in [1.165, 1.54) is 4.90 Å². The topological polar surface area (TPSA) is 116 Å². The van der Waals surface area contributed by atoms with Crippen molar-refractivity contribution in [2.45, 2.75) is 31.7 Å². The summed E-state index contributed by atoms with van der Waals surface area (Å²) < 4.78 is 5.70. The lowest BCUT2D eigenvalue weighted by Crippen LogP contribution is -2.38. The standard InChI is InChI=1S/C23H28N4O5/c28-14-20-2-1-9-27(20)21(29)18-5-3-17(4-6-18)19-12-24-22(25-13-19)32-15-16-7-10-26(11-8-16)23(30)31/h3-6,12-13,16,20,28H,1-2,7-11,14-15H2,(H,30,31)/t20-/m1/s1. The first kappa shape index (κ1) is 22.0. The molecule has 1 aromatic heterocycles. The second kappa shape index (κ2) is 9.95. The van der Waals surface area contributed by atoms with E-state index in [0.29, 0.717) is 43.7 Å². The third-order valence-electron chi connectivity index (χ3n) is 6.28. The van der Waals surface area contributed by atoms with E-state index in [-0.39, 0.29) is 18.6 Å². The number of amides is 2.